The standard InChI is InChI=1S/C20H14ClNO4/c21-16-11-12-18(22(24)25)17(13-16)20(23)26-19(14-7-3-1-4-8-14)15-9-5-2-6-10-15/h1-13,19H. The maximum Gasteiger partial charge on any atom is 0.346 e. The van der Waals surface area contributed by atoms with Crippen LogP contribution >= 0.6 is 11.6 Å². The van der Waals surface area contributed by atoms with E-state index in [4.69, 9.17) is 16.3 Å². The van der Waals surface area contributed by atoms with E-state index in [2.05, 4.69) is 0 Å². The zero-order chi connectivity index (χ0) is 18.5. The van der Waals surface area contributed by atoms with E-state index < -0.39 is 17.0 Å². The number of ether oxygens (including phenoxy) is 1. The molecule has 0 aliphatic heterocycles. The number of nitro benzene ring substituents is 1. The van der Waals surface area contributed by atoms with E-state index in [1.54, 1.807) is 0 Å². The van der Waals surface area contributed by atoms with Crippen LogP contribution in [0.4, 0.5) is 5.69 Å². The topological polar surface area (TPSA) is 69.4 Å². The van der Waals surface area contributed by atoms with Gasteiger partial charge in [-0.2, -0.15) is 0 Å². The number of halogens is 1. The molecule has 0 saturated heterocycles. The average molecular weight is 368 g/mol. The number of carbonyl (C=O) groups is 1. The van der Waals surface area contributed by atoms with Crippen LogP contribution in [0.1, 0.15) is 27.6 Å². The molecule has 3 aromatic rings. The summed E-state index contributed by atoms with van der Waals surface area (Å²) in [7, 11) is 0. The van der Waals surface area contributed by atoms with Crippen molar-refractivity contribution in [2.45, 2.75) is 6.10 Å². The van der Waals surface area contributed by atoms with Crippen molar-refractivity contribution >= 4 is 23.3 Å². The van der Waals surface area contributed by atoms with Gasteiger partial charge in [0.25, 0.3) is 5.69 Å². The first-order chi connectivity index (χ1) is 12.6. The Morgan fingerprint density at radius 2 is 1.46 bits per heavy atom. The minimum absolute atomic E-state index is 0.181. The fraction of sp³-hybridized carbons (Fsp3) is 0.0500. The molecule has 130 valence electrons. The van der Waals surface area contributed by atoms with Crippen molar-refractivity contribution in [3.63, 3.8) is 0 Å². The fourth-order valence-electron chi connectivity index (χ4n) is 2.59. The number of nitro groups is 1. The zero-order valence-corrected chi connectivity index (χ0v) is 14.3. The van der Waals surface area contributed by atoms with Gasteiger partial charge in [0.05, 0.1) is 4.92 Å². The summed E-state index contributed by atoms with van der Waals surface area (Å²) < 4.78 is 5.65. The highest BCUT2D eigenvalue weighted by atomic mass is 35.5. The van der Waals surface area contributed by atoms with Crippen LogP contribution in [0.25, 0.3) is 0 Å². The van der Waals surface area contributed by atoms with Gasteiger partial charge in [-0.15, -0.1) is 0 Å². The molecule has 0 bridgehead atoms. The molecule has 0 spiro atoms. The highest BCUT2D eigenvalue weighted by Crippen LogP contribution is 2.30. The Morgan fingerprint density at radius 3 is 1.96 bits per heavy atom. The Hall–Kier alpha value is -3.18. The molecule has 3 rings (SSSR count). The van der Waals surface area contributed by atoms with E-state index in [9.17, 15) is 14.9 Å². The number of rotatable bonds is 5. The molecule has 0 unspecified atom stereocenters. The summed E-state index contributed by atoms with van der Waals surface area (Å²) in [5, 5.41) is 11.4. The molecule has 0 aliphatic carbocycles. The molecular weight excluding hydrogens is 354 g/mol. The second-order valence-corrected chi connectivity index (χ2v) is 5.96. The Morgan fingerprint density at radius 1 is 0.923 bits per heavy atom. The maximum absolute atomic E-state index is 12.7. The van der Waals surface area contributed by atoms with E-state index in [-0.39, 0.29) is 16.3 Å². The van der Waals surface area contributed by atoms with Crippen molar-refractivity contribution in [1.29, 1.82) is 0 Å². The van der Waals surface area contributed by atoms with Crippen LogP contribution in [0, 0.1) is 10.1 Å². The second kappa shape index (κ2) is 7.80. The highest BCUT2D eigenvalue weighted by Gasteiger charge is 2.26. The van der Waals surface area contributed by atoms with E-state index in [0.29, 0.717) is 0 Å². The van der Waals surface area contributed by atoms with Gasteiger partial charge in [0, 0.05) is 11.1 Å². The van der Waals surface area contributed by atoms with Gasteiger partial charge in [-0.25, -0.2) is 4.79 Å². The molecule has 3 aromatic carbocycles. The van der Waals surface area contributed by atoms with E-state index in [1.807, 2.05) is 60.7 Å². The number of benzene rings is 3. The number of nitrogens with zero attached hydrogens (tertiary/aromatic N) is 1. The summed E-state index contributed by atoms with van der Waals surface area (Å²) in [6.07, 6.45) is -0.691. The monoisotopic (exact) mass is 367 g/mol. The number of hydrogen-bond donors (Lipinski definition) is 0. The van der Waals surface area contributed by atoms with Crippen LogP contribution in [0.2, 0.25) is 5.02 Å². The average Bonchev–Trinajstić information content (AvgIpc) is 2.67. The van der Waals surface area contributed by atoms with Crippen LogP contribution in [-0.2, 0) is 4.74 Å². The lowest BCUT2D eigenvalue weighted by Gasteiger charge is -2.19. The Bertz CT molecular complexity index is 890. The first kappa shape index (κ1) is 17.6. The van der Waals surface area contributed by atoms with E-state index in [1.165, 1.54) is 18.2 Å². The van der Waals surface area contributed by atoms with Crippen molar-refractivity contribution in [2.24, 2.45) is 0 Å². The van der Waals surface area contributed by atoms with Gasteiger partial charge in [-0.05, 0) is 23.3 Å². The lowest BCUT2D eigenvalue weighted by molar-refractivity contribution is -0.385. The Labute approximate surface area is 155 Å². The molecule has 0 N–H and O–H groups in total. The predicted octanol–water partition coefficient (Wildman–Crippen LogP) is 5.19. The smallest absolute Gasteiger partial charge is 0.346 e. The van der Waals surface area contributed by atoms with E-state index >= 15 is 0 Å². The van der Waals surface area contributed by atoms with Gasteiger partial charge in [0.1, 0.15) is 5.56 Å². The van der Waals surface area contributed by atoms with Crippen molar-refractivity contribution in [1.82, 2.24) is 0 Å². The molecule has 0 saturated carbocycles. The van der Waals surface area contributed by atoms with Gasteiger partial charge in [-0.3, -0.25) is 10.1 Å². The van der Waals surface area contributed by atoms with Crippen LogP contribution < -0.4 is 0 Å². The van der Waals surface area contributed by atoms with Gasteiger partial charge in [0.15, 0.2) is 6.10 Å². The lowest BCUT2D eigenvalue weighted by atomic mass is 10.0. The van der Waals surface area contributed by atoms with Gasteiger partial charge in [-0.1, -0.05) is 72.3 Å². The quantitative estimate of drug-likeness (QED) is 0.353. The fourth-order valence-corrected chi connectivity index (χ4v) is 2.76. The second-order valence-electron chi connectivity index (χ2n) is 5.53. The number of esters is 1. The lowest BCUT2D eigenvalue weighted by Crippen LogP contribution is -2.14. The van der Waals surface area contributed by atoms with Crippen LogP contribution in [0.15, 0.2) is 78.9 Å². The zero-order valence-electron chi connectivity index (χ0n) is 13.5. The van der Waals surface area contributed by atoms with Gasteiger partial charge in [0.2, 0.25) is 0 Å². The molecule has 26 heavy (non-hydrogen) atoms. The summed E-state index contributed by atoms with van der Waals surface area (Å²) in [6.45, 7) is 0. The third-order valence-electron chi connectivity index (χ3n) is 3.80. The summed E-state index contributed by atoms with van der Waals surface area (Å²) in [6, 6.07) is 22.2. The third-order valence-corrected chi connectivity index (χ3v) is 4.04. The highest BCUT2D eigenvalue weighted by molar-refractivity contribution is 6.31. The molecule has 0 heterocycles. The molecule has 0 atom stereocenters. The van der Waals surface area contributed by atoms with Crippen molar-refractivity contribution < 1.29 is 14.5 Å². The maximum atomic E-state index is 12.7. The Kier molecular flexibility index (Phi) is 5.29. The summed E-state index contributed by atoms with van der Waals surface area (Å²) in [5.74, 6) is -0.808. The van der Waals surface area contributed by atoms with Crippen molar-refractivity contribution in [2.75, 3.05) is 0 Å². The number of carbonyl (C=O) groups excluding carboxylic acids is 1. The number of hydrogen-bond acceptors (Lipinski definition) is 4. The van der Waals surface area contributed by atoms with Crippen LogP contribution in [0.5, 0.6) is 0 Å². The SMILES string of the molecule is O=C(OC(c1ccccc1)c1ccccc1)c1cc(Cl)ccc1[N+](=O)[O-]. The van der Waals surface area contributed by atoms with Crippen molar-refractivity contribution in [3.05, 3.63) is 111 Å². The Balaban J connectivity index is 1.99. The molecule has 6 heteroatoms. The normalized spacial score (nSPS) is 10.5. The van der Waals surface area contributed by atoms with Gasteiger partial charge < -0.3 is 4.74 Å². The van der Waals surface area contributed by atoms with E-state index in [0.717, 1.165) is 11.1 Å². The first-order valence-electron chi connectivity index (χ1n) is 7.81. The molecule has 0 aliphatic rings. The van der Waals surface area contributed by atoms with Crippen LogP contribution in [0.3, 0.4) is 0 Å². The summed E-state index contributed by atoms with van der Waals surface area (Å²) >= 11 is 5.91. The van der Waals surface area contributed by atoms with Crippen LogP contribution in [-0.4, -0.2) is 10.9 Å². The minimum Gasteiger partial charge on any atom is -0.449 e. The largest absolute Gasteiger partial charge is 0.449 e. The molecule has 0 aromatic heterocycles. The predicted molar refractivity (Wildman–Crippen MR) is 98.2 cm³/mol. The van der Waals surface area contributed by atoms with Crippen molar-refractivity contribution in [3.8, 4) is 0 Å². The molecule has 0 radical (unpaired) electrons. The summed E-state index contributed by atoms with van der Waals surface area (Å²) in [4.78, 5) is 23.3. The third kappa shape index (κ3) is 3.90. The molecule has 0 amide bonds. The molecule has 0 fully saturated rings. The summed E-state index contributed by atoms with van der Waals surface area (Å²) in [5.41, 5.74) is 0.993. The molecular formula is C20H14ClNO4. The first-order valence-corrected chi connectivity index (χ1v) is 8.19. The van der Waals surface area contributed by atoms with Gasteiger partial charge >= 0.3 is 5.97 Å². The minimum atomic E-state index is -0.808. The molecule has 5 nitrogen and oxygen atoms in total.